The number of thiophene rings is 1. The van der Waals surface area contributed by atoms with Gasteiger partial charge < -0.3 is 9.64 Å². The minimum absolute atomic E-state index is 0.0378. The van der Waals surface area contributed by atoms with Gasteiger partial charge in [0, 0.05) is 41.3 Å². The van der Waals surface area contributed by atoms with Gasteiger partial charge in [0.15, 0.2) is 0 Å². The van der Waals surface area contributed by atoms with Gasteiger partial charge in [-0.3, -0.25) is 4.79 Å². The van der Waals surface area contributed by atoms with Gasteiger partial charge in [-0.1, -0.05) is 48.0 Å². The SMILES string of the molecule is COc1ccc(-c2ccc(F)cc2)cc1CN(C(=O)c1sc2ccccc2c1Cl)[C@H]1CC[C@H](N(C)Cl)CC1. The summed E-state index contributed by atoms with van der Waals surface area (Å²) in [4.78, 5) is 16.7. The molecule has 38 heavy (non-hydrogen) atoms. The summed E-state index contributed by atoms with van der Waals surface area (Å²) in [5.41, 5.74) is 2.71. The van der Waals surface area contributed by atoms with Crippen molar-refractivity contribution in [2.75, 3.05) is 14.2 Å². The van der Waals surface area contributed by atoms with Crippen molar-refractivity contribution < 1.29 is 13.9 Å². The van der Waals surface area contributed by atoms with Crippen molar-refractivity contribution >= 4 is 50.7 Å². The van der Waals surface area contributed by atoms with Gasteiger partial charge >= 0.3 is 0 Å². The lowest BCUT2D eigenvalue weighted by atomic mass is 9.89. The van der Waals surface area contributed by atoms with Crippen molar-refractivity contribution in [1.29, 1.82) is 0 Å². The number of halogens is 3. The molecular weight excluding hydrogens is 542 g/mol. The Balaban J connectivity index is 1.52. The monoisotopic (exact) mass is 570 g/mol. The van der Waals surface area contributed by atoms with E-state index in [1.54, 1.807) is 23.7 Å². The highest BCUT2D eigenvalue weighted by Gasteiger charge is 2.33. The summed E-state index contributed by atoms with van der Waals surface area (Å²) >= 11 is 14.5. The molecule has 5 rings (SSSR count). The van der Waals surface area contributed by atoms with Crippen LogP contribution in [0.3, 0.4) is 0 Å². The van der Waals surface area contributed by atoms with Gasteiger partial charge in [-0.2, -0.15) is 0 Å². The van der Waals surface area contributed by atoms with Crippen LogP contribution in [0.1, 0.15) is 40.9 Å². The zero-order valence-corrected chi connectivity index (χ0v) is 23.6. The van der Waals surface area contributed by atoms with E-state index in [1.807, 2.05) is 54.4 Å². The Labute approximate surface area is 236 Å². The number of benzene rings is 3. The summed E-state index contributed by atoms with van der Waals surface area (Å²) in [5, 5.41) is 1.40. The third-order valence-corrected chi connectivity index (χ3v) is 9.34. The fourth-order valence-electron chi connectivity index (χ4n) is 5.28. The first-order valence-corrected chi connectivity index (χ1v) is 14.2. The minimum Gasteiger partial charge on any atom is -0.496 e. The van der Waals surface area contributed by atoms with Crippen LogP contribution in [0.2, 0.25) is 5.02 Å². The third-order valence-electron chi connectivity index (χ3n) is 7.40. The number of nitrogens with zero attached hydrogens (tertiary/aromatic N) is 2. The summed E-state index contributed by atoms with van der Waals surface area (Å²) in [5.74, 6) is 0.344. The predicted molar refractivity (Wildman–Crippen MR) is 155 cm³/mol. The first kappa shape index (κ1) is 26.9. The van der Waals surface area contributed by atoms with Gasteiger partial charge in [0.25, 0.3) is 5.91 Å². The van der Waals surface area contributed by atoms with Crippen LogP contribution >= 0.6 is 34.7 Å². The maximum Gasteiger partial charge on any atom is 0.266 e. The molecule has 0 bridgehead atoms. The molecule has 198 valence electrons. The Morgan fingerprint density at radius 3 is 2.32 bits per heavy atom. The maximum absolute atomic E-state index is 14.2. The van der Waals surface area contributed by atoms with Crippen molar-refractivity contribution in [3.63, 3.8) is 0 Å². The molecule has 8 heteroatoms. The molecule has 1 aliphatic rings. The average Bonchev–Trinajstić information content (AvgIpc) is 3.28. The maximum atomic E-state index is 14.2. The lowest BCUT2D eigenvalue weighted by Crippen LogP contribution is -2.44. The van der Waals surface area contributed by atoms with E-state index in [-0.39, 0.29) is 23.8 Å². The second kappa shape index (κ2) is 11.6. The zero-order chi connectivity index (χ0) is 26.8. The number of ether oxygens (including phenoxy) is 1. The molecule has 3 aromatic carbocycles. The molecule has 0 unspecified atom stereocenters. The molecule has 0 saturated heterocycles. The van der Waals surface area contributed by atoms with Gasteiger partial charge in [-0.05, 0) is 78.9 Å². The molecular formula is C30H29Cl2FN2O2S. The van der Waals surface area contributed by atoms with Crippen molar-refractivity contribution in [2.45, 2.75) is 44.3 Å². The number of carbonyl (C=O) groups excluding carboxylic acids is 1. The van der Waals surface area contributed by atoms with Gasteiger partial charge in [-0.15, -0.1) is 11.3 Å². The van der Waals surface area contributed by atoms with Gasteiger partial charge in [-0.25, -0.2) is 8.81 Å². The highest BCUT2D eigenvalue weighted by molar-refractivity contribution is 7.21. The highest BCUT2D eigenvalue weighted by atomic mass is 35.5. The molecule has 1 aliphatic carbocycles. The molecule has 4 aromatic rings. The van der Waals surface area contributed by atoms with E-state index in [2.05, 4.69) is 0 Å². The van der Waals surface area contributed by atoms with Crippen LogP contribution in [0, 0.1) is 5.82 Å². The van der Waals surface area contributed by atoms with Gasteiger partial charge in [0.2, 0.25) is 0 Å². The Kier molecular flexibility index (Phi) is 8.24. The number of hydrogen-bond acceptors (Lipinski definition) is 4. The lowest BCUT2D eigenvalue weighted by Gasteiger charge is -2.38. The summed E-state index contributed by atoms with van der Waals surface area (Å²) in [7, 11) is 3.52. The third kappa shape index (κ3) is 5.55. The normalized spacial score (nSPS) is 17.6. The molecule has 1 saturated carbocycles. The Morgan fingerprint density at radius 2 is 1.66 bits per heavy atom. The standard InChI is InChI=1S/C30H29Cl2FN2O2S/c1-34(32)23-12-14-24(15-13-23)35(30(36)29-28(31)25-5-3-4-6-27(25)38-29)18-21-17-20(9-16-26(21)37-2)19-7-10-22(33)11-8-19/h3-11,16-17,23-24H,12-15,18H2,1-2H3/t23-,24-. The van der Waals surface area contributed by atoms with E-state index in [1.165, 1.54) is 23.5 Å². The number of hydrogen-bond donors (Lipinski definition) is 0. The Hall–Kier alpha value is -2.64. The summed E-state index contributed by atoms with van der Waals surface area (Å²) in [6.07, 6.45) is 3.49. The minimum atomic E-state index is -0.280. The van der Waals surface area contributed by atoms with Crippen LogP contribution in [0.15, 0.2) is 66.7 Å². The highest BCUT2D eigenvalue weighted by Crippen LogP contribution is 2.38. The van der Waals surface area contributed by atoms with E-state index in [4.69, 9.17) is 28.1 Å². The molecule has 1 heterocycles. The summed E-state index contributed by atoms with van der Waals surface area (Å²) < 4.78 is 22.0. The van der Waals surface area contributed by atoms with Crippen LogP contribution in [0.25, 0.3) is 21.2 Å². The Bertz CT molecular complexity index is 1430. The van der Waals surface area contributed by atoms with Crippen molar-refractivity contribution in [3.05, 3.63) is 88.0 Å². The molecule has 0 atom stereocenters. The first-order chi connectivity index (χ1) is 18.4. The lowest BCUT2D eigenvalue weighted by molar-refractivity contribution is 0.0589. The molecule has 4 nitrogen and oxygen atoms in total. The number of methoxy groups -OCH3 is 1. The molecule has 1 aromatic heterocycles. The first-order valence-electron chi connectivity index (χ1n) is 12.6. The fraction of sp³-hybridized carbons (Fsp3) is 0.300. The summed E-state index contributed by atoms with van der Waals surface area (Å²) in [6, 6.07) is 20.4. The Morgan fingerprint density at radius 1 is 1.00 bits per heavy atom. The molecule has 0 spiro atoms. The number of fused-ring (bicyclic) bond motifs is 1. The second-order valence-corrected chi connectivity index (χ2v) is 11.7. The molecule has 0 radical (unpaired) electrons. The number of carbonyl (C=O) groups is 1. The number of rotatable bonds is 7. The van der Waals surface area contributed by atoms with Crippen LogP contribution in [0.5, 0.6) is 5.75 Å². The van der Waals surface area contributed by atoms with Crippen LogP contribution < -0.4 is 4.74 Å². The zero-order valence-electron chi connectivity index (χ0n) is 21.3. The van der Waals surface area contributed by atoms with Gasteiger partial charge in [0.1, 0.15) is 16.4 Å². The number of amides is 1. The summed E-state index contributed by atoms with van der Waals surface area (Å²) in [6.45, 7) is 0.369. The predicted octanol–water partition coefficient (Wildman–Crippen LogP) is 8.41. The topological polar surface area (TPSA) is 32.8 Å². The molecule has 1 amide bonds. The van der Waals surface area contributed by atoms with E-state index in [9.17, 15) is 9.18 Å². The van der Waals surface area contributed by atoms with Crippen molar-refractivity contribution in [3.8, 4) is 16.9 Å². The quantitative estimate of drug-likeness (QED) is 0.209. The van der Waals surface area contributed by atoms with E-state index in [0.717, 1.165) is 52.5 Å². The molecule has 0 aliphatic heterocycles. The molecule has 0 N–H and O–H groups in total. The van der Waals surface area contributed by atoms with E-state index >= 15 is 0 Å². The van der Waals surface area contributed by atoms with Crippen molar-refractivity contribution in [1.82, 2.24) is 9.32 Å². The van der Waals surface area contributed by atoms with Gasteiger partial charge in [0.05, 0.1) is 12.1 Å². The van der Waals surface area contributed by atoms with Crippen molar-refractivity contribution in [2.24, 2.45) is 0 Å². The largest absolute Gasteiger partial charge is 0.496 e. The van der Waals surface area contributed by atoms with Crippen LogP contribution in [0.4, 0.5) is 4.39 Å². The van der Waals surface area contributed by atoms with E-state index < -0.39 is 0 Å². The smallest absolute Gasteiger partial charge is 0.266 e. The van der Waals surface area contributed by atoms with Crippen LogP contribution in [-0.2, 0) is 6.54 Å². The average molecular weight is 572 g/mol. The fourth-order valence-corrected chi connectivity index (χ4v) is 6.95. The molecule has 1 fully saturated rings. The van der Waals surface area contributed by atoms with Crippen LogP contribution in [-0.4, -0.2) is 41.5 Å². The van der Waals surface area contributed by atoms with E-state index in [0.29, 0.717) is 22.2 Å². The second-order valence-electron chi connectivity index (χ2n) is 9.70.